The molecule has 0 aromatic heterocycles. The second-order valence-electron chi connectivity index (χ2n) is 5.09. The van der Waals surface area contributed by atoms with E-state index in [0.717, 1.165) is 26.3 Å². The van der Waals surface area contributed by atoms with Crippen molar-refractivity contribution < 1.29 is 4.74 Å². The lowest BCUT2D eigenvalue weighted by atomic mass is 9.97. The largest absolute Gasteiger partial charge is 0.378 e. The van der Waals surface area contributed by atoms with E-state index < -0.39 is 0 Å². The van der Waals surface area contributed by atoms with Crippen LogP contribution in [0.4, 0.5) is 0 Å². The molecule has 1 aliphatic heterocycles. The summed E-state index contributed by atoms with van der Waals surface area (Å²) in [6, 6.07) is 0.531. The third kappa shape index (κ3) is 3.44. The van der Waals surface area contributed by atoms with Gasteiger partial charge in [0.1, 0.15) is 0 Å². The number of ether oxygens (including phenoxy) is 1. The number of morpholine rings is 1. The molecule has 15 heavy (non-hydrogen) atoms. The lowest BCUT2D eigenvalue weighted by molar-refractivity contribution is -0.0718. The Labute approximate surface area is 94.0 Å². The highest BCUT2D eigenvalue weighted by molar-refractivity contribution is 4.89. The van der Waals surface area contributed by atoms with E-state index in [-0.39, 0.29) is 5.54 Å². The molecule has 0 bridgehead atoms. The topological polar surface area (TPSA) is 38.5 Å². The van der Waals surface area contributed by atoms with Crippen LogP contribution in [0.2, 0.25) is 0 Å². The maximum absolute atomic E-state index is 5.88. The molecule has 1 aliphatic rings. The fraction of sp³-hybridized carbons (Fsp3) is 1.00. The van der Waals surface area contributed by atoms with Crippen molar-refractivity contribution in [2.75, 3.05) is 26.3 Å². The molecule has 1 fully saturated rings. The highest BCUT2D eigenvalue weighted by Crippen LogP contribution is 2.23. The molecule has 1 heterocycles. The predicted molar refractivity (Wildman–Crippen MR) is 64.0 cm³/mol. The van der Waals surface area contributed by atoms with Crippen molar-refractivity contribution in [3.8, 4) is 0 Å². The Morgan fingerprint density at radius 2 is 2.20 bits per heavy atom. The number of unbranched alkanes of at least 4 members (excludes halogenated alkanes) is 1. The molecule has 0 aliphatic carbocycles. The van der Waals surface area contributed by atoms with E-state index in [1.807, 2.05) is 0 Å². The van der Waals surface area contributed by atoms with Crippen LogP contribution in [0.1, 0.15) is 40.0 Å². The Morgan fingerprint density at radius 3 is 2.73 bits per heavy atom. The molecule has 1 atom stereocenters. The Kier molecular flexibility index (Phi) is 5.03. The molecule has 3 heteroatoms. The van der Waals surface area contributed by atoms with Crippen LogP contribution in [0, 0.1) is 0 Å². The molecule has 0 amide bonds. The number of hydrogen-bond donors (Lipinski definition) is 1. The molecule has 0 aromatic carbocycles. The molecule has 0 spiro atoms. The minimum absolute atomic E-state index is 0.149. The zero-order chi connectivity index (χ0) is 11.3. The van der Waals surface area contributed by atoms with E-state index in [9.17, 15) is 0 Å². The van der Waals surface area contributed by atoms with Crippen molar-refractivity contribution in [3.63, 3.8) is 0 Å². The Balaban J connectivity index is 2.56. The smallest absolute Gasteiger partial charge is 0.0645 e. The summed E-state index contributed by atoms with van der Waals surface area (Å²) in [5, 5.41) is 0. The fourth-order valence-electron chi connectivity index (χ4n) is 2.39. The normalized spacial score (nSPS) is 24.0. The average molecular weight is 214 g/mol. The van der Waals surface area contributed by atoms with Gasteiger partial charge in [-0.15, -0.1) is 0 Å². The van der Waals surface area contributed by atoms with Gasteiger partial charge in [-0.2, -0.15) is 0 Å². The van der Waals surface area contributed by atoms with Gasteiger partial charge < -0.3 is 10.5 Å². The minimum Gasteiger partial charge on any atom is -0.378 e. The van der Waals surface area contributed by atoms with E-state index in [4.69, 9.17) is 10.5 Å². The molecule has 0 saturated carbocycles. The van der Waals surface area contributed by atoms with Crippen molar-refractivity contribution in [3.05, 3.63) is 0 Å². The van der Waals surface area contributed by atoms with Crippen LogP contribution in [-0.4, -0.2) is 42.8 Å². The second-order valence-corrected chi connectivity index (χ2v) is 5.09. The molecule has 1 unspecified atom stereocenters. The molecule has 0 radical (unpaired) electrons. The summed E-state index contributed by atoms with van der Waals surface area (Å²) >= 11 is 0. The van der Waals surface area contributed by atoms with Gasteiger partial charge in [0.25, 0.3) is 0 Å². The van der Waals surface area contributed by atoms with Crippen molar-refractivity contribution in [2.45, 2.75) is 51.6 Å². The minimum atomic E-state index is 0.149. The standard InChI is InChI=1S/C12H26N2O/c1-4-5-6-11(9-13)14-7-8-15-10-12(14,2)3/h11H,4-10,13H2,1-3H3. The lowest BCUT2D eigenvalue weighted by Gasteiger charge is -2.46. The predicted octanol–water partition coefficient (Wildman–Crippen LogP) is 1.61. The van der Waals surface area contributed by atoms with Gasteiger partial charge in [-0.05, 0) is 20.3 Å². The van der Waals surface area contributed by atoms with E-state index in [0.29, 0.717) is 6.04 Å². The SMILES string of the molecule is CCCCC(CN)N1CCOCC1(C)C. The molecule has 2 N–H and O–H groups in total. The summed E-state index contributed by atoms with van der Waals surface area (Å²) in [4.78, 5) is 2.53. The zero-order valence-electron chi connectivity index (χ0n) is 10.5. The van der Waals surface area contributed by atoms with Crippen molar-refractivity contribution in [1.82, 2.24) is 4.90 Å². The van der Waals surface area contributed by atoms with Crippen LogP contribution in [0.25, 0.3) is 0 Å². The van der Waals surface area contributed by atoms with Gasteiger partial charge in [-0.25, -0.2) is 0 Å². The third-order valence-corrected chi connectivity index (χ3v) is 3.31. The van der Waals surface area contributed by atoms with Gasteiger partial charge >= 0.3 is 0 Å². The first-order chi connectivity index (χ1) is 7.11. The highest BCUT2D eigenvalue weighted by atomic mass is 16.5. The summed E-state index contributed by atoms with van der Waals surface area (Å²) in [6.45, 7) is 10.2. The maximum Gasteiger partial charge on any atom is 0.0645 e. The van der Waals surface area contributed by atoms with Crippen LogP contribution in [0.15, 0.2) is 0 Å². The first-order valence-corrected chi connectivity index (χ1v) is 6.16. The first-order valence-electron chi connectivity index (χ1n) is 6.16. The van der Waals surface area contributed by atoms with Gasteiger partial charge in [0.2, 0.25) is 0 Å². The van der Waals surface area contributed by atoms with Gasteiger partial charge in [0, 0.05) is 24.7 Å². The Morgan fingerprint density at radius 1 is 1.47 bits per heavy atom. The molecule has 1 rings (SSSR count). The zero-order valence-corrected chi connectivity index (χ0v) is 10.5. The summed E-state index contributed by atoms with van der Waals surface area (Å²) in [5.74, 6) is 0. The van der Waals surface area contributed by atoms with Crippen LogP contribution in [0.3, 0.4) is 0 Å². The van der Waals surface area contributed by atoms with Crippen LogP contribution < -0.4 is 5.73 Å². The van der Waals surface area contributed by atoms with Crippen LogP contribution in [0.5, 0.6) is 0 Å². The molecular weight excluding hydrogens is 188 g/mol. The molecular formula is C12H26N2O. The number of rotatable bonds is 5. The Hall–Kier alpha value is -0.120. The number of hydrogen-bond acceptors (Lipinski definition) is 3. The first kappa shape index (κ1) is 12.9. The second kappa shape index (κ2) is 5.83. The highest BCUT2D eigenvalue weighted by Gasteiger charge is 2.34. The van der Waals surface area contributed by atoms with Crippen molar-refractivity contribution in [1.29, 1.82) is 0 Å². The van der Waals surface area contributed by atoms with Crippen LogP contribution in [-0.2, 0) is 4.74 Å². The lowest BCUT2D eigenvalue weighted by Crippen LogP contribution is -2.58. The summed E-state index contributed by atoms with van der Waals surface area (Å²) in [7, 11) is 0. The quantitative estimate of drug-likeness (QED) is 0.755. The third-order valence-electron chi connectivity index (χ3n) is 3.31. The van der Waals surface area contributed by atoms with Crippen LogP contribution >= 0.6 is 0 Å². The van der Waals surface area contributed by atoms with E-state index in [2.05, 4.69) is 25.7 Å². The van der Waals surface area contributed by atoms with E-state index in [1.165, 1.54) is 19.3 Å². The summed E-state index contributed by atoms with van der Waals surface area (Å²) in [6.07, 6.45) is 3.74. The monoisotopic (exact) mass is 214 g/mol. The van der Waals surface area contributed by atoms with Gasteiger partial charge in [-0.1, -0.05) is 19.8 Å². The van der Waals surface area contributed by atoms with Gasteiger partial charge in [0.05, 0.1) is 13.2 Å². The Bertz CT molecular complexity index is 182. The van der Waals surface area contributed by atoms with Gasteiger partial charge in [0.15, 0.2) is 0 Å². The summed E-state index contributed by atoms with van der Waals surface area (Å²) in [5.41, 5.74) is 6.03. The molecule has 0 aromatic rings. The average Bonchev–Trinajstić information content (AvgIpc) is 2.20. The number of nitrogens with zero attached hydrogens (tertiary/aromatic N) is 1. The van der Waals surface area contributed by atoms with Crippen molar-refractivity contribution >= 4 is 0 Å². The number of nitrogens with two attached hydrogens (primary N) is 1. The molecule has 1 saturated heterocycles. The molecule has 3 nitrogen and oxygen atoms in total. The summed E-state index contributed by atoms with van der Waals surface area (Å²) < 4.78 is 5.53. The van der Waals surface area contributed by atoms with Crippen molar-refractivity contribution in [2.24, 2.45) is 5.73 Å². The molecule has 90 valence electrons. The van der Waals surface area contributed by atoms with E-state index >= 15 is 0 Å². The van der Waals surface area contributed by atoms with Gasteiger partial charge in [-0.3, -0.25) is 4.90 Å². The maximum atomic E-state index is 5.88. The van der Waals surface area contributed by atoms with E-state index in [1.54, 1.807) is 0 Å². The fourth-order valence-corrected chi connectivity index (χ4v) is 2.39.